The summed E-state index contributed by atoms with van der Waals surface area (Å²) >= 11 is 0. The molecule has 1 amide bonds. The van der Waals surface area contributed by atoms with Crippen molar-refractivity contribution in [2.45, 2.75) is 26.2 Å². The van der Waals surface area contributed by atoms with Crippen molar-refractivity contribution in [3.05, 3.63) is 58.0 Å². The van der Waals surface area contributed by atoms with Crippen LogP contribution in [0.5, 0.6) is 0 Å². The third-order valence-electron chi connectivity index (χ3n) is 3.55. The van der Waals surface area contributed by atoms with Crippen molar-refractivity contribution >= 4 is 11.6 Å². The first kappa shape index (κ1) is 15.0. The predicted octanol–water partition coefficient (Wildman–Crippen LogP) is 2.55. The molecule has 0 bridgehead atoms. The van der Waals surface area contributed by atoms with Crippen LogP contribution in [0.4, 0.5) is 5.69 Å². The Bertz CT molecular complexity index is 707. The zero-order chi connectivity index (χ0) is 15.4. The number of rotatable bonds is 4. The Balaban J connectivity index is 2.27. The first-order chi connectivity index (χ1) is 10.0. The second kappa shape index (κ2) is 6.35. The fourth-order valence-corrected chi connectivity index (χ4v) is 2.07. The van der Waals surface area contributed by atoms with Crippen LogP contribution in [0.1, 0.15) is 42.2 Å². The van der Waals surface area contributed by atoms with Crippen LogP contribution in [-0.2, 0) is 7.05 Å². The van der Waals surface area contributed by atoms with Crippen molar-refractivity contribution in [2.24, 2.45) is 7.05 Å². The van der Waals surface area contributed by atoms with Crippen molar-refractivity contribution < 1.29 is 4.79 Å². The maximum Gasteiger partial charge on any atom is 0.276 e. The van der Waals surface area contributed by atoms with Crippen LogP contribution in [0.2, 0.25) is 0 Å². The van der Waals surface area contributed by atoms with Crippen molar-refractivity contribution in [3.63, 3.8) is 0 Å². The molecule has 2 aromatic rings. The molecule has 1 aromatic heterocycles. The first-order valence-electron chi connectivity index (χ1n) is 6.97. The van der Waals surface area contributed by atoms with Crippen LogP contribution >= 0.6 is 0 Å². The topological polar surface area (TPSA) is 64.0 Å². The van der Waals surface area contributed by atoms with E-state index in [2.05, 4.69) is 24.3 Å². The number of nitrogens with zero attached hydrogens (tertiary/aromatic N) is 2. The SMILES string of the molecule is CCC(C)c1ccccc1NC(=O)c1ccc(=O)n(C)n1. The van der Waals surface area contributed by atoms with Crippen LogP contribution in [0.15, 0.2) is 41.2 Å². The minimum Gasteiger partial charge on any atom is -0.320 e. The van der Waals surface area contributed by atoms with Crippen LogP contribution in [0.25, 0.3) is 0 Å². The molecule has 1 N–H and O–H groups in total. The van der Waals surface area contributed by atoms with Gasteiger partial charge in [-0.2, -0.15) is 5.10 Å². The largest absolute Gasteiger partial charge is 0.320 e. The molecule has 0 aliphatic rings. The molecule has 0 spiro atoms. The summed E-state index contributed by atoms with van der Waals surface area (Å²) in [6.45, 7) is 4.23. The molecule has 0 radical (unpaired) electrons. The molecule has 0 fully saturated rings. The molecule has 0 saturated carbocycles. The normalized spacial score (nSPS) is 12.0. The smallest absolute Gasteiger partial charge is 0.276 e. The van der Waals surface area contributed by atoms with E-state index in [4.69, 9.17) is 0 Å². The maximum atomic E-state index is 12.3. The van der Waals surface area contributed by atoms with E-state index in [1.54, 1.807) is 0 Å². The standard InChI is InChI=1S/C16H19N3O2/c1-4-11(2)12-7-5-6-8-13(12)17-16(21)14-9-10-15(20)19(3)18-14/h5-11H,4H2,1-3H3,(H,17,21). The minimum atomic E-state index is -0.318. The number of hydrogen-bond acceptors (Lipinski definition) is 3. The molecule has 110 valence electrons. The number of carbonyl (C=O) groups is 1. The summed E-state index contributed by atoms with van der Waals surface area (Å²) in [5, 5.41) is 6.83. The lowest BCUT2D eigenvalue weighted by molar-refractivity contribution is 0.102. The average Bonchev–Trinajstić information content (AvgIpc) is 2.49. The summed E-state index contributed by atoms with van der Waals surface area (Å²) in [4.78, 5) is 23.6. The van der Waals surface area contributed by atoms with Crippen LogP contribution in [0.3, 0.4) is 0 Å². The maximum absolute atomic E-state index is 12.3. The van der Waals surface area contributed by atoms with Crippen molar-refractivity contribution in [1.82, 2.24) is 9.78 Å². The summed E-state index contributed by atoms with van der Waals surface area (Å²) in [5.41, 5.74) is 1.85. The Labute approximate surface area is 123 Å². The van der Waals surface area contributed by atoms with Crippen LogP contribution < -0.4 is 10.9 Å². The van der Waals surface area contributed by atoms with Gasteiger partial charge >= 0.3 is 0 Å². The van der Waals surface area contributed by atoms with Gasteiger partial charge in [-0.05, 0) is 30.0 Å². The highest BCUT2D eigenvalue weighted by atomic mass is 16.2. The fourth-order valence-electron chi connectivity index (χ4n) is 2.07. The number of anilines is 1. The Kier molecular flexibility index (Phi) is 4.52. The third-order valence-corrected chi connectivity index (χ3v) is 3.55. The summed E-state index contributed by atoms with van der Waals surface area (Å²) in [6, 6.07) is 10.5. The van der Waals surface area contributed by atoms with Gasteiger partial charge in [0.15, 0.2) is 0 Å². The molecule has 5 heteroatoms. The van der Waals surface area contributed by atoms with Gasteiger partial charge in [-0.15, -0.1) is 0 Å². The highest BCUT2D eigenvalue weighted by Gasteiger charge is 2.13. The second-order valence-electron chi connectivity index (χ2n) is 5.03. The van der Waals surface area contributed by atoms with Crippen LogP contribution in [-0.4, -0.2) is 15.7 Å². The number of nitrogens with one attached hydrogen (secondary N) is 1. The predicted molar refractivity (Wildman–Crippen MR) is 82.6 cm³/mol. The van der Waals surface area contributed by atoms with Crippen molar-refractivity contribution in [3.8, 4) is 0 Å². The number of aryl methyl sites for hydroxylation is 1. The number of carbonyl (C=O) groups excluding carboxylic acids is 1. The van der Waals surface area contributed by atoms with E-state index >= 15 is 0 Å². The molecule has 1 atom stereocenters. The van der Waals surface area contributed by atoms with Gasteiger partial charge in [0.2, 0.25) is 0 Å². The van der Waals surface area contributed by atoms with E-state index < -0.39 is 0 Å². The number of benzene rings is 1. The molecular weight excluding hydrogens is 266 g/mol. The summed E-state index contributed by atoms with van der Waals surface area (Å²) in [5.74, 6) is 0.0379. The second-order valence-corrected chi connectivity index (χ2v) is 5.03. The lowest BCUT2D eigenvalue weighted by atomic mass is 9.97. The van der Waals surface area contributed by atoms with Gasteiger partial charge in [0.1, 0.15) is 5.69 Å². The lowest BCUT2D eigenvalue weighted by Crippen LogP contribution is -2.24. The summed E-state index contributed by atoms with van der Waals surface area (Å²) in [6.07, 6.45) is 0.991. The van der Waals surface area contributed by atoms with E-state index in [-0.39, 0.29) is 17.2 Å². The van der Waals surface area contributed by atoms with Gasteiger partial charge in [0, 0.05) is 18.8 Å². The molecule has 1 aromatic carbocycles. The highest BCUT2D eigenvalue weighted by Crippen LogP contribution is 2.26. The summed E-state index contributed by atoms with van der Waals surface area (Å²) < 4.78 is 1.15. The van der Waals surface area contributed by atoms with Crippen molar-refractivity contribution in [2.75, 3.05) is 5.32 Å². The average molecular weight is 285 g/mol. The monoisotopic (exact) mass is 285 g/mol. The number of amides is 1. The zero-order valence-corrected chi connectivity index (χ0v) is 12.5. The molecular formula is C16H19N3O2. The van der Waals surface area contributed by atoms with Gasteiger partial charge in [-0.25, -0.2) is 4.68 Å². The molecule has 0 aliphatic carbocycles. The molecule has 1 unspecified atom stereocenters. The molecule has 21 heavy (non-hydrogen) atoms. The number of hydrogen-bond donors (Lipinski definition) is 1. The fraction of sp³-hybridized carbons (Fsp3) is 0.312. The molecule has 5 nitrogen and oxygen atoms in total. The van der Waals surface area contributed by atoms with Crippen molar-refractivity contribution in [1.29, 1.82) is 0 Å². The van der Waals surface area contributed by atoms with Gasteiger partial charge in [0.05, 0.1) is 0 Å². The van der Waals surface area contributed by atoms with Gasteiger partial charge in [-0.1, -0.05) is 32.0 Å². The Morgan fingerprint density at radius 3 is 2.67 bits per heavy atom. The lowest BCUT2D eigenvalue weighted by Gasteiger charge is -2.15. The van der Waals surface area contributed by atoms with E-state index in [1.165, 1.54) is 19.2 Å². The highest BCUT2D eigenvalue weighted by molar-refractivity contribution is 6.03. The van der Waals surface area contributed by atoms with E-state index in [0.717, 1.165) is 22.4 Å². The number of para-hydroxylation sites is 1. The Morgan fingerprint density at radius 1 is 1.29 bits per heavy atom. The quantitative estimate of drug-likeness (QED) is 0.939. The van der Waals surface area contributed by atoms with E-state index in [1.807, 2.05) is 24.3 Å². The van der Waals surface area contributed by atoms with E-state index in [9.17, 15) is 9.59 Å². The molecule has 0 aliphatic heterocycles. The third kappa shape index (κ3) is 3.37. The zero-order valence-electron chi connectivity index (χ0n) is 12.5. The van der Waals surface area contributed by atoms with E-state index in [0.29, 0.717) is 5.92 Å². The molecule has 0 saturated heterocycles. The minimum absolute atomic E-state index is 0.219. The summed E-state index contributed by atoms with van der Waals surface area (Å²) in [7, 11) is 1.52. The molecule has 1 heterocycles. The van der Waals surface area contributed by atoms with Gasteiger partial charge in [0.25, 0.3) is 11.5 Å². The first-order valence-corrected chi connectivity index (χ1v) is 6.97. The van der Waals surface area contributed by atoms with Gasteiger partial charge in [-0.3, -0.25) is 9.59 Å². The van der Waals surface area contributed by atoms with Gasteiger partial charge < -0.3 is 5.32 Å². The number of aromatic nitrogens is 2. The Morgan fingerprint density at radius 2 is 2.00 bits per heavy atom. The Hall–Kier alpha value is -2.43. The molecule has 2 rings (SSSR count). The van der Waals surface area contributed by atoms with Crippen LogP contribution in [0, 0.1) is 0 Å².